The van der Waals surface area contributed by atoms with Gasteiger partial charge in [-0.05, 0) is 189 Å². The van der Waals surface area contributed by atoms with Crippen LogP contribution in [0, 0.1) is 0 Å². The number of benzene rings is 19. The molecule has 0 amide bonds. The van der Waals surface area contributed by atoms with Crippen LogP contribution in [-0.4, -0.2) is 47.3 Å². The summed E-state index contributed by atoms with van der Waals surface area (Å²) in [5, 5.41) is 14.6. The molecule has 10 heteroatoms. The Morgan fingerprint density at radius 2 is 0.260 bits per heavy atom. The molecule has 0 spiro atoms. The van der Waals surface area contributed by atoms with E-state index >= 15 is 0 Å². The van der Waals surface area contributed by atoms with Crippen molar-refractivity contribution in [2.24, 2.45) is 0 Å². The molecule has 0 saturated heterocycles. The van der Waals surface area contributed by atoms with Crippen LogP contribution < -0.4 is 0 Å². The van der Waals surface area contributed by atoms with E-state index in [-0.39, 0.29) is 0 Å². The molecule has 0 aliphatic rings. The lowest BCUT2D eigenvalue weighted by Gasteiger charge is -2.16. The van der Waals surface area contributed by atoms with Crippen LogP contribution in [-0.2, 0) is 0 Å². The average molecular weight is 1920 g/mol. The van der Waals surface area contributed by atoms with Gasteiger partial charge in [0.25, 0.3) is 0 Å². The van der Waals surface area contributed by atoms with Gasteiger partial charge in [0.05, 0.1) is 78.7 Å². The summed E-state index contributed by atoms with van der Waals surface area (Å²) in [4.78, 5) is 20.7. The van der Waals surface area contributed by atoms with E-state index in [1.54, 1.807) is 0 Å². The standard InChI is InChI=1S/C54H36N4.2C43H29N3/c1-6-16-37(17-7-1)42-26-27-45-48(32-42)46-28-30-57(43-33-49(38-18-8-2-9-19-38)55-50(34-43)39-20-10-3-11-21-39)54(46)47-29-31-58(53(45)47)44-35-51(40-22-12-4-13-23-40)56-52(36-44)41-24-14-5-15-25-41;1-5-13-30(14-6-1)40-28-33(29-41(44-40)31-15-7-2-8-16-31)32-21-22-36-39(27-32)37-23-25-45(34-17-9-3-10-18-34)43(37)38-24-26-46(42(36)38)35-19-11-4-12-20-35;1-5-13-30(14-6-1)33-21-22-36-39(27-33)37-23-25-46(43(37)38-24-26-45(42(36)38)34-19-11-4-12-20-34)35-28-40(31-15-7-2-8-16-31)44-41(29-35)32-17-9-3-10-18-32/h1-36H;2*1-29H. The largest absolute Gasteiger partial charge is 0.316 e. The van der Waals surface area contributed by atoms with E-state index < -0.39 is 0 Å². The van der Waals surface area contributed by atoms with Crippen LogP contribution in [0.15, 0.2) is 571 Å². The molecule has 0 radical (unpaired) electrons. The lowest BCUT2D eigenvalue weighted by atomic mass is 9.95. The highest BCUT2D eigenvalue weighted by Gasteiger charge is 2.26. The molecule has 0 atom stereocenters. The van der Waals surface area contributed by atoms with Gasteiger partial charge in [-0.15, -0.1) is 0 Å². The Morgan fingerprint density at radius 3 is 0.467 bits per heavy atom. The van der Waals surface area contributed by atoms with Crippen molar-refractivity contribution in [3.8, 4) is 158 Å². The van der Waals surface area contributed by atoms with Crippen LogP contribution in [0.1, 0.15) is 0 Å². The lowest BCUT2D eigenvalue weighted by molar-refractivity contribution is 1.11. The summed E-state index contributed by atoms with van der Waals surface area (Å²) in [6.45, 7) is 0. The van der Waals surface area contributed by atoms with Gasteiger partial charge < -0.3 is 27.4 Å². The summed E-state index contributed by atoms with van der Waals surface area (Å²) in [7, 11) is 0. The summed E-state index contributed by atoms with van der Waals surface area (Å²) in [5.74, 6) is 0. The molecule has 10 aromatic heterocycles. The van der Waals surface area contributed by atoms with Crippen molar-refractivity contribution >= 4 is 97.7 Å². The van der Waals surface area contributed by atoms with E-state index in [1.165, 1.54) is 109 Å². The molecule has 0 fully saturated rings. The summed E-state index contributed by atoms with van der Waals surface area (Å²) in [6, 6.07) is 189. The average Bonchev–Trinajstić information content (AvgIpc) is 1.56. The summed E-state index contributed by atoms with van der Waals surface area (Å²) in [5.41, 5.74) is 37.1. The quantitative estimate of drug-likeness (QED) is 0.0910. The molecule has 10 heterocycles. The maximum Gasteiger partial charge on any atom is 0.0730 e. The first-order chi connectivity index (χ1) is 74.4. The van der Waals surface area contributed by atoms with Crippen LogP contribution in [0.25, 0.3) is 255 Å². The minimum Gasteiger partial charge on any atom is -0.316 e. The van der Waals surface area contributed by atoms with Gasteiger partial charge in [-0.3, -0.25) is 0 Å². The van der Waals surface area contributed by atoms with Crippen molar-refractivity contribution in [3.63, 3.8) is 0 Å². The highest BCUT2D eigenvalue weighted by molar-refractivity contribution is 6.28. The van der Waals surface area contributed by atoms with E-state index in [1.807, 2.05) is 24.3 Å². The second-order valence-electron chi connectivity index (χ2n) is 38.0. The van der Waals surface area contributed by atoms with Gasteiger partial charge in [-0.25, -0.2) is 19.9 Å². The first-order valence-electron chi connectivity index (χ1n) is 50.9. The molecule has 150 heavy (non-hydrogen) atoms. The molecule has 0 saturated carbocycles. The molecule has 0 unspecified atom stereocenters. The fraction of sp³-hybridized carbons (Fsp3) is 0. The molecule has 10 nitrogen and oxygen atoms in total. The van der Waals surface area contributed by atoms with Crippen molar-refractivity contribution in [1.82, 2.24) is 47.3 Å². The number of para-hydroxylation sites is 3. The van der Waals surface area contributed by atoms with Gasteiger partial charge in [0.2, 0.25) is 0 Å². The Kier molecular flexibility index (Phi) is 22.8. The molecule has 19 aromatic carbocycles. The van der Waals surface area contributed by atoms with Crippen LogP contribution in [0.3, 0.4) is 0 Å². The third-order valence-corrected chi connectivity index (χ3v) is 29.1. The van der Waals surface area contributed by atoms with Gasteiger partial charge in [-0.2, -0.15) is 0 Å². The zero-order valence-electron chi connectivity index (χ0n) is 81.7. The Hall–Kier alpha value is -20.2. The molecule has 0 bridgehead atoms. The SMILES string of the molecule is c1ccc(-c2cc(-c3ccc4c(c3)c3ccn(-c5ccccc5)c3c3ccn(-c5ccccc5)c43)cc(-c3ccccc3)n2)cc1.c1ccc(-c2ccc3c(c2)c2ccn(-c4cc(-c5ccccc5)nc(-c5ccccc5)c4)c2c2ccn(-c4cc(-c5ccccc5)nc(-c5ccccc5)c4)c32)cc1.c1ccc(-c2ccc3c(c2)c2ccn(-c4cc(-c5ccccc5)nc(-c5ccccc5)c4)c2c2ccn(-c4ccccc4)c32)cc1. The second kappa shape index (κ2) is 38.5. The number of rotatable bonds is 17. The Balaban J connectivity index is 0.000000112. The fourth-order valence-corrected chi connectivity index (χ4v) is 22.0. The minimum absolute atomic E-state index is 0.928. The molecule has 29 aromatic rings. The Labute approximate surface area is 867 Å². The van der Waals surface area contributed by atoms with Crippen LogP contribution in [0.4, 0.5) is 0 Å². The van der Waals surface area contributed by atoms with E-state index in [2.05, 4.69) is 574 Å². The second-order valence-corrected chi connectivity index (χ2v) is 38.0. The minimum atomic E-state index is 0.928. The van der Waals surface area contributed by atoms with Gasteiger partial charge in [0, 0.05) is 164 Å². The Morgan fingerprint density at radius 1 is 0.100 bits per heavy atom. The Bertz CT molecular complexity index is 9820. The number of nitrogens with zero attached hydrogens (tertiary/aromatic N) is 10. The van der Waals surface area contributed by atoms with Gasteiger partial charge in [-0.1, -0.05) is 394 Å². The van der Waals surface area contributed by atoms with Crippen molar-refractivity contribution < 1.29 is 0 Å². The first-order valence-corrected chi connectivity index (χ1v) is 50.9. The number of pyridine rings is 4. The zero-order chi connectivity index (χ0) is 99.3. The number of hydrogen-bond acceptors (Lipinski definition) is 4. The monoisotopic (exact) mass is 1910 g/mol. The first kappa shape index (κ1) is 88.7. The third-order valence-electron chi connectivity index (χ3n) is 29.1. The molecular formula is C140H94N10. The number of fused-ring (bicyclic) bond motifs is 18. The summed E-state index contributed by atoms with van der Waals surface area (Å²) >= 11 is 0. The van der Waals surface area contributed by atoms with E-state index in [0.717, 1.165) is 146 Å². The van der Waals surface area contributed by atoms with Crippen molar-refractivity contribution in [2.45, 2.75) is 0 Å². The zero-order valence-corrected chi connectivity index (χ0v) is 81.7. The van der Waals surface area contributed by atoms with Gasteiger partial charge >= 0.3 is 0 Å². The third kappa shape index (κ3) is 16.5. The predicted octanol–water partition coefficient (Wildman–Crippen LogP) is 36.1. The fourth-order valence-electron chi connectivity index (χ4n) is 22.0. The lowest BCUT2D eigenvalue weighted by Crippen LogP contribution is -1.99. The topological polar surface area (TPSA) is 81.1 Å². The highest BCUT2D eigenvalue weighted by Crippen LogP contribution is 2.48. The molecule has 29 rings (SSSR count). The smallest absolute Gasteiger partial charge is 0.0730 e. The molecule has 0 N–H and O–H groups in total. The maximum absolute atomic E-state index is 5.21. The van der Waals surface area contributed by atoms with Gasteiger partial charge in [0.1, 0.15) is 0 Å². The van der Waals surface area contributed by atoms with E-state index in [0.29, 0.717) is 0 Å². The van der Waals surface area contributed by atoms with Crippen molar-refractivity contribution in [2.75, 3.05) is 0 Å². The molecule has 704 valence electrons. The molecular weight excluding hydrogens is 1820 g/mol. The predicted molar refractivity (Wildman–Crippen MR) is 624 cm³/mol. The maximum atomic E-state index is 5.21. The molecule has 0 aliphatic heterocycles. The summed E-state index contributed by atoms with van der Waals surface area (Å²) in [6.07, 6.45) is 13.3. The highest BCUT2D eigenvalue weighted by atomic mass is 15.0. The van der Waals surface area contributed by atoms with Gasteiger partial charge in [0.15, 0.2) is 0 Å². The van der Waals surface area contributed by atoms with Crippen molar-refractivity contribution in [1.29, 1.82) is 0 Å². The number of hydrogen-bond donors (Lipinski definition) is 0. The normalized spacial score (nSPS) is 11.5. The van der Waals surface area contributed by atoms with Crippen LogP contribution in [0.2, 0.25) is 0 Å². The van der Waals surface area contributed by atoms with Crippen LogP contribution in [0.5, 0.6) is 0 Å². The van der Waals surface area contributed by atoms with E-state index in [9.17, 15) is 0 Å². The van der Waals surface area contributed by atoms with Crippen molar-refractivity contribution in [3.05, 3.63) is 571 Å². The van der Waals surface area contributed by atoms with Crippen LogP contribution >= 0.6 is 0 Å². The van der Waals surface area contributed by atoms with E-state index in [4.69, 9.17) is 19.9 Å². The summed E-state index contributed by atoms with van der Waals surface area (Å²) < 4.78 is 14.0. The number of aromatic nitrogens is 10. The molecule has 0 aliphatic carbocycles.